The normalized spacial score (nSPS) is 12.5. The van der Waals surface area contributed by atoms with E-state index in [1.165, 1.54) is 21.9 Å². The van der Waals surface area contributed by atoms with Crippen molar-refractivity contribution in [1.82, 2.24) is 15.0 Å². The van der Waals surface area contributed by atoms with Crippen LogP contribution >= 0.6 is 0 Å². The van der Waals surface area contributed by atoms with Gasteiger partial charge >= 0.3 is 0 Å². The van der Waals surface area contributed by atoms with Gasteiger partial charge in [0.25, 0.3) is 0 Å². The number of H-pyrrole nitrogens is 1. The Hall–Kier alpha value is -3.46. The molecule has 5 aromatic rings. The van der Waals surface area contributed by atoms with Crippen LogP contribution in [0.15, 0.2) is 85.1 Å². The molecule has 0 bridgehead atoms. The lowest BCUT2D eigenvalue weighted by atomic mass is 9.89. The molecule has 3 heteroatoms. The summed E-state index contributed by atoms with van der Waals surface area (Å²) in [4.78, 5) is 13.1. The summed E-state index contributed by atoms with van der Waals surface area (Å²) in [6.07, 6.45) is 1.85. The van der Waals surface area contributed by atoms with Crippen LogP contribution in [0.5, 0.6) is 0 Å². The number of aryl methyl sites for hydroxylation is 1. The molecule has 2 heterocycles. The maximum atomic E-state index is 4.89. The zero-order valence-corrected chi connectivity index (χ0v) is 15.1. The maximum Gasteiger partial charge on any atom is 0.120 e. The SMILES string of the molecule is Cc1cc2ccccc2cc1C(c1ccccn1)c1nc2ccccc2[nH]1. The molecule has 0 aliphatic carbocycles. The third kappa shape index (κ3) is 2.77. The first-order valence-electron chi connectivity index (χ1n) is 9.14. The number of imidazole rings is 1. The Morgan fingerprint density at radius 3 is 2.33 bits per heavy atom. The van der Waals surface area contributed by atoms with Crippen molar-refractivity contribution in [3.05, 3.63) is 108 Å². The van der Waals surface area contributed by atoms with E-state index < -0.39 is 0 Å². The fraction of sp³-hybridized carbons (Fsp3) is 0.0833. The summed E-state index contributed by atoms with van der Waals surface area (Å²) in [7, 11) is 0. The van der Waals surface area contributed by atoms with E-state index in [4.69, 9.17) is 4.98 Å². The number of benzene rings is 3. The predicted molar refractivity (Wildman–Crippen MR) is 110 cm³/mol. The minimum absolute atomic E-state index is 0.0387. The molecular formula is C24H19N3. The lowest BCUT2D eigenvalue weighted by Crippen LogP contribution is -2.09. The van der Waals surface area contributed by atoms with Gasteiger partial charge in [-0.05, 0) is 59.2 Å². The van der Waals surface area contributed by atoms with E-state index in [-0.39, 0.29) is 5.92 Å². The zero-order chi connectivity index (χ0) is 18.2. The van der Waals surface area contributed by atoms with Crippen molar-refractivity contribution in [2.24, 2.45) is 0 Å². The standard InChI is InChI=1S/C24H19N3/c1-16-14-17-8-2-3-9-18(17)15-19(16)23(22-12-6-7-13-25-22)24-26-20-10-4-5-11-21(20)27-24/h2-15,23H,1H3,(H,26,27). The summed E-state index contributed by atoms with van der Waals surface area (Å²) in [5.74, 6) is 0.886. The third-order valence-corrected chi connectivity index (χ3v) is 5.11. The van der Waals surface area contributed by atoms with Crippen LogP contribution in [0.4, 0.5) is 0 Å². The van der Waals surface area contributed by atoms with Crippen molar-refractivity contribution in [2.45, 2.75) is 12.8 Å². The number of hydrogen-bond donors (Lipinski definition) is 1. The molecule has 0 aliphatic heterocycles. The van der Waals surface area contributed by atoms with Crippen LogP contribution in [0, 0.1) is 6.92 Å². The minimum atomic E-state index is -0.0387. The Bertz CT molecular complexity index is 1210. The van der Waals surface area contributed by atoms with Crippen LogP contribution in [-0.2, 0) is 0 Å². The van der Waals surface area contributed by atoms with Crippen molar-refractivity contribution >= 4 is 21.8 Å². The van der Waals surface area contributed by atoms with E-state index in [0.717, 1.165) is 22.6 Å². The van der Waals surface area contributed by atoms with E-state index in [1.54, 1.807) is 0 Å². The van der Waals surface area contributed by atoms with Gasteiger partial charge in [-0.25, -0.2) is 4.98 Å². The van der Waals surface area contributed by atoms with E-state index in [2.05, 4.69) is 65.4 Å². The number of fused-ring (bicyclic) bond motifs is 2. The Balaban J connectivity index is 1.77. The number of aromatic amines is 1. The molecule has 0 fully saturated rings. The van der Waals surface area contributed by atoms with Gasteiger partial charge in [-0.1, -0.05) is 48.5 Å². The Labute approximate surface area is 157 Å². The van der Waals surface area contributed by atoms with Crippen molar-refractivity contribution < 1.29 is 0 Å². The molecule has 0 spiro atoms. The minimum Gasteiger partial charge on any atom is -0.341 e. The second-order valence-electron chi connectivity index (χ2n) is 6.88. The van der Waals surface area contributed by atoms with Gasteiger partial charge in [-0.15, -0.1) is 0 Å². The fourth-order valence-corrected chi connectivity index (χ4v) is 3.79. The monoisotopic (exact) mass is 349 g/mol. The van der Waals surface area contributed by atoms with Gasteiger partial charge in [0.2, 0.25) is 0 Å². The Kier molecular flexibility index (Phi) is 3.72. The molecule has 1 atom stereocenters. The van der Waals surface area contributed by atoms with Crippen molar-refractivity contribution in [3.63, 3.8) is 0 Å². The van der Waals surface area contributed by atoms with E-state index in [1.807, 2.05) is 36.5 Å². The number of nitrogens with one attached hydrogen (secondary N) is 1. The molecule has 27 heavy (non-hydrogen) atoms. The highest BCUT2D eigenvalue weighted by atomic mass is 14.9. The smallest absolute Gasteiger partial charge is 0.120 e. The van der Waals surface area contributed by atoms with E-state index >= 15 is 0 Å². The number of pyridine rings is 1. The van der Waals surface area contributed by atoms with E-state index in [0.29, 0.717) is 0 Å². The maximum absolute atomic E-state index is 4.89. The second kappa shape index (κ2) is 6.36. The van der Waals surface area contributed by atoms with Crippen molar-refractivity contribution in [3.8, 4) is 0 Å². The van der Waals surface area contributed by atoms with Crippen LogP contribution in [-0.4, -0.2) is 15.0 Å². The molecule has 1 N–H and O–H groups in total. The summed E-state index contributed by atoms with van der Waals surface area (Å²) >= 11 is 0. The average Bonchev–Trinajstić information content (AvgIpc) is 3.13. The highest BCUT2D eigenvalue weighted by Gasteiger charge is 2.23. The molecule has 0 amide bonds. The number of nitrogens with zero attached hydrogens (tertiary/aromatic N) is 2. The number of para-hydroxylation sites is 2. The number of rotatable bonds is 3. The predicted octanol–water partition coefficient (Wildman–Crippen LogP) is 5.60. The van der Waals surface area contributed by atoms with Gasteiger partial charge < -0.3 is 4.98 Å². The molecule has 1 unspecified atom stereocenters. The Morgan fingerprint density at radius 2 is 1.56 bits per heavy atom. The van der Waals surface area contributed by atoms with E-state index in [9.17, 15) is 0 Å². The zero-order valence-electron chi connectivity index (χ0n) is 15.1. The van der Waals surface area contributed by atoms with Crippen LogP contribution in [0.3, 0.4) is 0 Å². The van der Waals surface area contributed by atoms with Gasteiger partial charge in [0.05, 0.1) is 22.6 Å². The summed E-state index contributed by atoms with van der Waals surface area (Å²) in [5, 5.41) is 2.48. The average molecular weight is 349 g/mol. The summed E-state index contributed by atoms with van der Waals surface area (Å²) in [6, 6.07) is 27.2. The first-order chi connectivity index (χ1) is 13.3. The topological polar surface area (TPSA) is 41.6 Å². The lowest BCUT2D eigenvalue weighted by molar-refractivity contribution is 0.847. The first kappa shape index (κ1) is 15.8. The first-order valence-corrected chi connectivity index (χ1v) is 9.14. The lowest BCUT2D eigenvalue weighted by Gasteiger charge is -2.18. The molecular weight excluding hydrogens is 330 g/mol. The van der Waals surface area contributed by atoms with Gasteiger partial charge in [0.15, 0.2) is 0 Å². The second-order valence-corrected chi connectivity index (χ2v) is 6.88. The van der Waals surface area contributed by atoms with Gasteiger partial charge in [-0.2, -0.15) is 0 Å². The number of aromatic nitrogens is 3. The third-order valence-electron chi connectivity index (χ3n) is 5.11. The molecule has 0 saturated heterocycles. The molecule has 3 nitrogen and oxygen atoms in total. The Morgan fingerprint density at radius 1 is 0.815 bits per heavy atom. The highest BCUT2D eigenvalue weighted by molar-refractivity contribution is 5.84. The quantitative estimate of drug-likeness (QED) is 0.461. The van der Waals surface area contributed by atoms with Crippen molar-refractivity contribution in [1.29, 1.82) is 0 Å². The van der Waals surface area contributed by atoms with Crippen LogP contribution in [0.1, 0.15) is 28.6 Å². The fourth-order valence-electron chi connectivity index (χ4n) is 3.79. The molecule has 5 rings (SSSR count). The molecule has 3 aromatic carbocycles. The van der Waals surface area contributed by atoms with Gasteiger partial charge in [0, 0.05) is 6.20 Å². The highest BCUT2D eigenvalue weighted by Crippen LogP contribution is 2.34. The van der Waals surface area contributed by atoms with Crippen LogP contribution < -0.4 is 0 Å². The molecule has 0 aliphatic rings. The summed E-state index contributed by atoms with van der Waals surface area (Å²) < 4.78 is 0. The van der Waals surface area contributed by atoms with Crippen LogP contribution in [0.2, 0.25) is 0 Å². The van der Waals surface area contributed by atoms with Crippen molar-refractivity contribution in [2.75, 3.05) is 0 Å². The molecule has 0 radical (unpaired) electrons. The number of hydrogen-bond acceptors (Lipinski definition) is 2. The molecule has 0 saturated carbocycles. The van der Waals surface area contributed by atoms with Gasteiger partial charge in [-0.3, -0.25) is 4.98 Å². The molecule has 2 aromatic heterocycles. The van der Waals surface area contributed by atoms with Crippen LogP contribution in [0.25, 0.3) is 21.8 Å². The van der Waals surface area contributed by atoms with Gasteiger partial charge in [0.1, 0.15) is 5.82 Å². The molecule has 130 valence electrons. The summed E-state index contributed by atoms with van der Waals surface area (Å²) in [5.41, 5.74) is 5.49. The largest absolute Gasteiger partial charge is 0.341 e. The summed E-state index contributed by atoms with van der Waals surface area (Å²) in [6.45, 7) is 2.17.